The van der Waals surface area contributed by atoms with Crippen LogP contribution in [0.15, 0.2) is 0 Å². The summed E-state index contributed by atoms with van der Waals surface area (Å²) in [5.74, 6) is -1.28. The van der Waals surface area contributed by atoms with Crippen LogP contribution < -0.4 is 5.32 Å². The van der Waals surface area contributed by atoms with Crippen LogP contribution in [0.1, 0.15) is 52.4 Å². The molecule has 0 bridgehead atoms. The Balaban J connectivity index is 1.91. The smallest absolute Gasteiger partial charge is 0.313 e. The van der Waals surface area contributed by atoms with E-state index in [2.05, 4.69) is 5.32 Å². The lowest BCUT2D eigenvalue weighted by Gasteiger charge is -2.41. The molecule has 2 rings (SSSR count). The zero-order chi connectivity index (χ0) is 16.2. The summed E-state index contributed by atoms with van der Waals surface area (Å²) in [6.07, 6.45) is 4.13. The van der Waals surface area contributed by atoms with Gasteiger partial charge in [-0.05, 0) is 45.4 Å². The number of rotatable bonds is 5. The van der Waals surface area contributed by atoms with Gasteiger partial charge in [0.2, 0.25) is 0 Å². The number of esters is 1. The Hall–Kier alpha value is -1.14. The van der Waals surface area contributed by atoms with Crippen molar-refractivity contribution in [2.24, 2.45) is 5.41 Å². The molecule has 6 nitrogen and oxygen atoms in total. The second-order valence-electron chi connectivity index (χ2n) is 6.54. The molecule has 2 N–H and O–H groups in total. The van der Waals surface area contributed by atoms with E-state index in [1.807, 2.05) is 0 Å². The van der Waals surface area contributed by atoms with Gasteiger partial charge in [-0.15, -0.1) is 0 Å². The number of ether oxygens (including phenoxy) is 2. The van der Waals surface area contributed by atoms with Crippen LogP contribution in [0.2, 0.25) is 0 Å². The van der Waals surface area contributed by atoms with Gasteiger partial charge in [-0.2, -0.15) is 0 Å². The fourth-order valence-electron chi connectivity index (χ4n) is 3.65. The summed E-state index contributed by atoms with van der Waals surface area (Å²) in [4.78, 5) is 22.9. The topological polar surface area (TPSA) is 84.9 Å². The Morgan fingerprint density at radius 1 is 1.18 bits per heavy atom. The molecule has 1 unspecified atom stereocenters. The quantitative estimate of drug-likeness (QED) is 0.752. The maximum atomic E-state index is 11.8. The van der Waals surface area contributed by atoms with E-state index in [0.29, 0.717) is 24.9 Å². The van der Waals surface area contributed by atoms with Crippen molar-refractivity contribution in [1.29, 1.82) is 0 Å². The van der Waals surface area contributed by atoms with E-state index in [9.17, 15) is 14.7 Å². The van der Waals surface area contributed by atoms with E-state index in [1.54, 1.807) is 6.92 Å². The van der Waals surface area contributed by atoms with Crippen LogP contribution in [-0.2, 0) is 19.1 Å². The molecule has 2 aliphatic rings. The van der Waals surface area contributed by atoms with Crippen molar-refractivity contribution in [3.05, 3.63) is 0 Å². The largest absolute Gasteiger partial charge is 0.481 e. The molecule has 0 spiro atoms. The van der Waals surface area contributed by atoms with Crippen LogP contribution in [0.3, 0.4) is 0 Å². The third-order valence-electron chi connectivity index (χ3n) is 5.12. The first kappa shape index (κ1) is 17.2. The Kier molecular flexibility index (Phi) is 5.81. The second-order valence-corrected chi connectivity index (χ2v) is 6.54. The monoisotopic (exact) mass is 313 g/mol. The number of hydrogen-bond donors (Lipinski definition) is 2. The van der Waals surface area contributed by atoms with Gasteiger partial charge in [0.1, 0.15) is 11.5 Å². The summed E-state index contributed by atoms with van der Waals surface area (Å²) in [7, 11) is 0. The summed E-state index contributed by atoms with van der Waals surface area (Å²) >= 11 is 0. The van der Waals surface area contributed by atoms with Gasteiger partial charge in [-0.3, -0.25) is 9.59 Å². The van der Waals surface area contributed by atoms with Crippen molar-refractivity contribution in [1.82, 2.24) is 5.32 Å². The average molecular weight is 313 g/mol. The lowest BCUT2D eigenvalue weighted by Crippen LogP contribution is -2.50. The van der Waals surface area contributed by atoms with E-state index in [1.165, 1.54) is 6.92 Å². The molecule has 6 heteroatoms. The molecule has 0 aromatic rings. The van der Waals surface area contributed by atoms with Crippen LogP contribution in [0, 0.1) is 5.41 Å². The van der Waals surface area contributed by atoms with Gasteiger partial charge in [0.15, 0.2) is 0 Å². The molecule has 22 heavy (non-hydrogen) atoms. The molecule has 1 aliphatic carbocycles. The Morgan fingerprint density at radius 2 is 1.73 bits per heavy atom. The van der Waals surface area contributed by atoms with E-state index < -0.39 is 23.5 Å². The Labute approximate surface area is 131 Å². The zero-order valence-corrected chi connectivity index (χ0v) is 13.5. The second kappa shape index (κ2) is 7.42. The summed E-state index contributed by atoms with van der Waals surface area (Å²) < 4.78 is 10.5. The van der Waals surface area contributed by atoms with E-state index in [-0.39, 0.29) is 0 Å². The minimum atomic E-state index is -0.945. The Bertz CT molecular complexity index is 397. The van der Waals surface area contributed by atoms with E-state index in [0.717, 1.165) is 38.9 Å². The molecule has 0 aromatic heterocycles. The summed E-state index contributed by atoms with van der Waals surface area (Å²) in [6, 6.07) is 0.821. The fraction of sp³-hybridized carbons (Fsp3) is 0.875. The minimum Gasteiger partial charge on any atom is -0.481 e. The Morgan fingerprint density at radius 3 is 2.23 bits per heavy atom. The maximum absolute atomic E-state index is 11.8. The minimum absolute atomic E-state index is 0.347. The summed E-state index contributed by atoms with van der Waals surface area (Å²) in [6.45, 7) is 4.62. The highest BCUT2D eigenvalue weighted by Gasteiger charge is 2.48. The molecule has 2 fully saturated rings. The van der Waals surface area contributed by atoms with Crippen molar-refractivity contribution in [3.8, 4) is 0 Å². The summed E-state index contributed by atoms with van der Waals surface area (Å²) in [5, 5.41) is 13.3. The number of hydrogen-bond acceptors (Lipinski definition) is 5. The SMILES string of the molecule is CC(=O)OC(C)C1(C(=O)O)CCC(NC2CCOCC2)CC1. The number of carboxylic acids is 1. The van der Waals surface area contributed by atoms with E-state index >= 15 is 0 Å². The number of aliphatic carboxylic acids is 1. The first-order chi connectivity index (χ1) is 10.4. The maximum Gasteiger partial charge on any atom is 0.313 e. The van der Waals surface area contributed by atoms with Gasteiger partial charge in [0, 0.05) is 32.2 Å². The van der Waals surface area contributed by atoms with Gasteiger partial charge in [-0.25, -0.2) is 0 Å². The van der Waals surface area contributed by atoms with Crippen LogP contribution in [-0.4, -0.2) is 48.4 Å². The number of nitrogens with one attached hydrogen (secondary N) is 1. The molecule has 0 amide bonds. The molecule has 1 atom stereocenters. The molecule has 126 valence electrons. The predicted molar refractivity (Wildman–Crippen MR) is 80.5 cm³/mol. The highest BCUT2D eigenvalue weighted by molar-refractivity contribution is 5.76. The van der Waals surface area contributed by atoms with Gasteiger partial charge in [0.25, 0.3) is 0 Å². The number of carbonyl (C=O) groups is 2. The zero-order valence-electron chi connectivity index (χ0n) is 13.5. The van der Waals surface area contributed by atoms with Crippen LogP contribution in [0.5, 0.6) is 0 Å². The molecular formula is C16H27NO5. The molecule has 1 saturated heterocycles. The molecule has 1 heterocycles. The highest BCUT2D eigenvalue weighted by atomic mass is 16.5. The van der Waals surface area contributed by atoms with Crippen molar-refractivity contribution in [2.45, 2.75) is 70.6 Å². The average Bonchev–Trinajstić information content (AvgIpc) is 2.48. The normalized spacial score (nSPS) is 31.5. The number of carboxylic acid groups (broad SMARTS) is 1. The third kappa shape index (κ3) is 3.98. The van der Waals surface area contributed by atoms with Crippen LogP contribution in [0.25, 0.3) is 0 Å². The summed E-state index contributed by atoms with van der Waals surface area (Å²) in [5.41, 5.74) is -0.945. The van der Waals surface area contributed by atoms with Crippen LogP contribution >= 0.6 is 0 Å². The van der Waals surface area contributed by atoms with Gasteiger partial charge < -0.3 is 19.9 Å². The molecule has 1 aliphatic heterocycles. The highest BCUT2D eigenvalue weighted by Crippen LogP contribution is 2.41. The van der Waals surface area contributed by atoms with Gasteiger partial charge in [-0.1, -0.05) is 0 Å². The fourth-order valence-corrected chi connectivity index (χ4v) is 3.65. The van der Waals surface area contributed by atoms with Crippen molar-refractivity contribution in [3.63, 3.8) is 0 Å². The number of carbonyl (C=O) groups excluding carboxylic acids is 1. The first-order valence-electron chi connectivity index (χ1n) is 8.18. The third-order valence-corrected chi connectivity index (χ3v) is 5.12. The van der Waals surface area contributed by atoms with Crippen molar-refractivity contribution in [2.75, 3.05) is 13.2 Å². The van der Waals surface area contributed by atoms with Crippen molar-refractivity contribution < 1.29 is 24.2 Å². The van der Waals surface area contributed by atoms with Crippen LogP contribution in [0.4, 0.5) is 0 Å². The lowest BCUT2D eigenvalue weighted by atomic mass is 9.69. The predicted octanol–water partition coefficient (Wildman–Crippen LogP) is 1.72. The standard InChI is InChI=1S/C16H27NO5/c1-11(22-12(2)18)16(15(19)20)7-3-13(4-8-16)17-14-5-9-21-10-6-14/h11,13-14,17H,3-10H2,1-2H3,(H,19,20). The molecule has 0 aromatic carbocycles. The van der Waals surface area contributed by atoms with E-state index in [4.69, 9.17) is 9.47 Å². The van der Waals surface area contributed by atoms with Crippen molar-refractivity contribution >= 4 is 11.9 Å². The molecular weight excluding hydrogens is 286 g/mol. The molecule has 0 radical (unpaired) electrons. The first-order valence-corrected chi connectivity index (χ1v) is 8.18. The lowest BCUT2D eigenvalue weighted by molar-refractivity contribution is -0.170. The van der Waals surface area contributed by atoms with Gasteiger partial charge >= 0.3 is 11.9 Å². The van der Waals surface area contributed by atoms with Gasteiger partial charge in [0.05, 0.1) is 0 Å². The molecule has 1 saturated carbocycles.